The highest BCUT2D eigenvalue weighted by Gasteiger charge is 2.66. The lowest BCUT2D eigenvalue weighted by Crippen LogP contribution is -2.72. The highest BCUT2D eigenvalue weighted by Crippen LogP contribution is 2.43. The molecule has 2 aromatic rings. The molecule has 132 valence electrons. The maximum absolute atomic E-state index is 13.6. The predicted molar refractivity (Wildman–Crippen MR) is 78.4 cm³/mol. The minimum atomic E-state index is -5.29. The van der Waals surface area contributed by atoms with Crippen molar-refractivity contribution in [3.8, 4) is 0 Å². The molecular formula is C16H13F3N2O4. The summed E-state index contributed by atoms with van der Waals surface area (Å²) in [6.07, 6.45) is -4.09. The van der Waals surface area contributed by atoms with E-state index in [-0.39, 0.29) is 11.3 Å². The second kappa shape index (κ2) is 5.92. The smallest absolute Gasteiger partial charge is 0.437 e. The Bertz CT molecular complexity index is 776. The molecule has 2 amide bonds. The Hall–Kier alpha value is -2.81. The largest absolute Gasteiger partial charge is 0.467 e. The molecule has 3 rings (SSSR count). The van der Waals surface area contributed by atoms with E-state index in [0.29, 0.717) is 0 Å². The van der Waals surface area contributed by atoms with E-state index in [9.17, 15) is 27.9 Å². The topological polar surface area (TPSA) is 91.6 Å². The van der Waals surface area contributed by atoms with E-state index in [1.165, 1.54) is 48.0 Å². The van der Waals surface area contributed by atoms with Gasteiger partial charge in [0.1, 0.15) is 17.7 Å². The Morgan fingerprint density at radius 2 is 1.84 bits per heavy atom. The number of aliphatic hydroxyl groups is 1. The molecule has 9 heteroatoms. The van der Waals surface area contributed by atoms with E-state index >= 15 is 0 Å². The lowest BCUT2D eigenvalue weighted by Gasteiger charge is -2.44. The van der Waals surface area contributed by atoms with Gasteiger partial charge in [-0.05, 0) is 12.1 Å². The zero-order chi connectivity index (χ0) is 18.2. The molecule has 1 aliphatic heterocycles. The number of hydrogen-bond donors (Lipinski definition) is 3. The quantitative estimate of drug-likeness (QED) is 0.738. The third-order valence-electron chi connectivity index (χ3n) is 4.00. The second-order valence-corrected chi connectivity index (χ2v) is 5.56. The molecule has 0 aliphatic carbocycles. The van der Waals surface area contributed by atoms with Gasteiger partial charge in [0.25, 0.3) is 0 Å². The van der Waals surface area contributed by atoms with E-state index in [0.717, 1.165) is 0 Å². The molecule has 2 heterocycles. The van der Waals surface area contributed by atoms with Gasteiger partial charge in [-0.2, -0.15) is 13.2 Å². The first kappa shape index (κ1) is 17.0. The molecule has 1 aromatic carbocycles. The Morgan fingerprint density at radius 1 is 1.16 bits per heavy atom. The van der Waals surface area contributed by atoms with E-state index in [2.05, 4.69) is 5.32 Å². The number of Topliss-reactive ketones (excluding diaryl/α,β-unsaturated/α-hetero) is 1. The molecule has 0 radical (unpaired) electrons. The molecule has 1 aromatic heterocycles. The van der Waals surface area contributed by atoms with Crippen molar-refractivity contribution in [2.45, 2.75) is 17.9 Å². The van der Waals surface area contributed by atoms with Gasteiger partial charge in [-0.3, -0.25) is 4.79 Å². The Labute approximate surface area is 139 Å². The number of hydrogen-bond acceptors (Lipinski definition) is 4. The van der Waals surface area contributed by atoms with Crippen molar-refractivity contribution in [2.24, 2.45) is 5.92 Å². The van der Waals surface area contributed by atoms with Crippen LogP contribution in [0.4, 0.5) is 18.0 Å². The van der Waals surface area contributed by atoms with Gasteiger partial charge in [0.15, 0.2) is 5.78 Å². The van der Waals surface area contributed by atoms with Crippen molar-refractivity contribution < 1.29 is 32.3 Å². The van der Waals surface area contributed by atoms with Gasteiger partial charge in [0.2, 0.25) is 5.72 Å². The van der Waals surface area contributed by atoms with Crippen molar-refractivity contribution in [3.05, 3.63) is 60.1 Å². The summed E-state index contributed by atoms with van der Waals surface area (Å²) >= 11 is 0. The SMILES string of the molecule is O=C1N[C@H](c2ccco2)[C@@H](C(=O)c2ccccc2)[C@@](O)(C(F)(F)F)N1. The molecule has 0 bridgehead atoms. The van der Waals surface area contributed by atoms with Crippen LogP contribution in [0.5, 0.6) is 0 Å². The molecule has 1 saturated heterocycles. The molecule has 0 saturated carbocycles. The molecule has 0 unspecified atom stereocenters. The van der Waals surface area contributed by atoms with Gasteiger partial charge in [-0.25, -0.2) is 4.79 Å². The fourth-order valence-corrected chi connectivity index (χ4v) is 2.83. The van der Waals surface area contributed by atoms with Crippen molar-refractivity contribution in [1.29, 1.82) is 0 Å². The summed E-state index contributed by atoms with van der Waals surface area (Å²) in [7, 11) is 0. The van der Waals surface area contributed by atoms with Crippen LogP contribution in [-0.4, -0.2) is 28.8 Å². The third kappa shape index (κ3) is 2.86. The molecular weight excluding hydrogens is 341 g/mol. The predicted octanol–water partition coefficient (Wildman–Crippen LogP) is 2.38. The highest BCUT2D eigenvalue weighted by atomic mass is 19.4. The van der Waals surface area contributed by atoms with E-state index < -0.39 is 35.7 Å². The fourth-order valence-electron chi connectivity index (χ4n) is 2.83. The molecule has 1 fully saturated rings. The maximum atomic E-state index is 13.6. The van der Waals surface area contributed by atoms with Crippen LogP contribution < -0.4 is 10.6 Å². The van der Waals surface area contributed by atoms with Crippen LogP contribution in [0.2, 0.25) is 0 Å². The Morgan fingerprint density at radius 3 is 2.40 bits per heavy atom. The van der Waals surface area contributed by atoms with Crippen LogP contribution in [0.3, 0.4) is 0 Å². The third-order valence-corrected chi connectivity index (χ3v) is 4.00. The molecule has 6 nitrogen and oxygen atoms in total. The van der Waals surface area contributed by atoms with E-state index in [4.69, 9.17) is 4.42 Å². The highest BCUT2D eigenvalue weighted by molar-refractivity contribution is 6.00. The minimum Gasteiger partial charge on any atom is -0.467 e. The first-order valence-electron chi connectivity index (χ1n) is 7.24. The number of nitrogens with one attached hydrogen (secondary N) is 2. The number of urea groups is 1. The number of amides is 2. The molecule has 0 spiro atoms. The molecule has 3 N–H and O–H groups in total. The number of ketones is 1. The Kier molecular flexibility index (Phi) is 4.03. The number of rotatable bonds is 3. The van der Waals surface area contributed by atoms with Crippen LogP contribution in [0.15, 0.2) is 53.1 Å². The van der Waals surface area contributed by atoms with Crippen molar-refractivity contribution in [2.75, 3.05) is 0 Å². The molecule has 3 atom stereocenters. The van der Waals surface area contributed by atoms with Crippen LogP contribution in [0, 0.1) is 5.92 Å². The van der Waals surface area contributed by atoms with Crippen molar-refractivity contribution in [1.82, 2.24) is 10.6 Å². The van der Waals surface area contributed by atoms with E-state index in [1.807, 2.05) is 0 Å². The fraction of sp³-hybridized carbons (Fsp3) is 0.250. The summed E-state index contributed by atoms with van der Waals surface area (Å²) < 4.78 is 45.8. The molecule has 25 heavy (non-hydrogen) atoms. The number of carbonyl (C=O) groups is 2. The summed E-state index contributed by atoms with van der Waals surface area (Å²) in [5.41, 5.74) is -3.79. The zero-order valence-electron chi connectivity index (χ0n) is 12.6. The average molecular weight is 354 g/mol. The average Bonchev–Trinajstić information content (AvgIpc) is 3.08. The van der Waals surface area contributed by atoms with Crippen LogP contribution in [0.25, 0.3) is 0 Å². The van der Waals surface area contributed by atoms with Crippen molar-refractivity contribution >= 4 is 11.8 Å². The number of furan rings is 1. The summed E-state index contributed by atoms with van der Waals surface area (Å²) in [5.74, 6) is -3.15. The van der Waals surface area contributed by atoms with Gasteiger partial charge in [0.05, 0.1) is 6.26 Å². The summed E-state index contributed by atoms with van der Waals surface area (Å²) in [4.78, 5) is 24.5. The number of alkyl halides is 3. The van der Waals surface area contributed by atoms with Gasteiger partial charge in [-0.1, -0.05) is 30.3 Å². The summed E-state index contributed by atoms with van der Waals surface area (Å²) in [6, 6.07) is 7.17. The zero-order valence-corrected chi connectivity index (χ0v) is 12.6. The number of carbonyl (C=O) groups excluding carboxylic acids is 2. The van der Waals surface area contributed by atoms with Crippen LogP contribution >= 0.6 is 0 Å². The maximum Gasteiger partial charge on any atom is 0.437 e. The first-order valence-corrected chi connectivity index (χ1v) is 7.24. The van der Waals surface area contributed by atoms with Gasteiger partial charge >= 0.3 is 12.2 Å². The van der Waals surface area contributed by atoms with Gasteiger partial charge in [0, 0.05) is 5.56 Å². The van der Waals surface area contributed by atoms with Crippen LogP contribution in [-0.2, 0) is 0 Å². The number of benzene rings is 1. The summed E-state index contributed by atoms with van der Waals surface area (Å²) in [5, 5.41) is 13.9. The van der Waals surface area contributed by atoms with E-state index in [1.54, 1.807) is 6.07 Å². The molecule has 1 aliphatic rings. The standard InChI is InChI=1S/C16H13F3N2O4/c17-16(18,19)15(24)11(13(22)9-5-2-1-3-6-9)12(20-14(23)21-15)10-7-4-8-25-10/h1-8,11-12,24H,(H2,20,21,23)/t11-,12+,15+/m0/s1. The monoisotopic (exact) mass is 354 g/mol. The van der Waals surface area contributed by atoms with Gasteiger partial charge in [-0.15, -0.1) is 0 Å². The second-order valence-electron chi connectivity index (χ2n) is 5.56. The van der Waals surface area contributed by atoms with Crippen molar-refractivity contribution in [3.63, 3.8) is 0 Å². The van der Waals surface area contributed by atoms with Crippen LogP contribution in [0.1, 0.15) is 22.2 Å². The first-order chi connectivity index (χ1) is 11.7. The minimum absolute atomic E-state index is 0.0373. The normalized spacial score (nSPS) is 26.6. The summed E-state index contributed by atoms with van der Waals surface area (Å²) in [6.45, 7) is 0. The van der Waals surface area contributed by atoms with Gasteiger partial charge < -0.3 is 20.2 Å². The number of halogens is 3. The Balaban J connectivity index is 2.14. The lowest BCUT2D eigenvalue weighted by molar-refractivity contribution is -0.288. The lowest BCUT2D eigenvalue weighted by atomic mass is 9.79.